The van der Waals surface area contributed by atoms with Gasteiger partial charge in [0, 0.05) is 30.3 Å². The molecule has 0 saturated carbocycles. The summed E-state index contributed by atoms with van der Waals surface area (Å²) in [5.74, 6) is 1.34. The minimum Gasteiger partial charge on any atom is -0.381 e. The highest BCUT2D eigenvalue weighted by Crippen LogP contribution is 2.20. The van der Waals surface area contributed by atoms with Gasteiger partial charge in [-0.15, -0.1) is 0 Å². The molecule has 2 heterocycles. The Labute approximate surface area is 100 Å². The van der Waals surface area contributed by atoms with E-state index in [1.54, 1.807) is 0 Å². The second-order valence-electron chi connectivity index (χ2n) is 4.22. The fraction of sp³-hybridized carbons (Fsp3) is 0.636. The van der Waals surface area contributed by atoms with E-state index in [1.165, 1.54) is 0 Å². The van der Waals surface area contributed by atoms with Gasteiger partial charge in [-0.25, -0.2) is 9.97 Å². The molecule has 4 nitrogen and oxygen atoms in total. The van der Waals surface area contributed by atoms with Gasteiger partial charge < -0.3 is 10.1 Å². The Bertz CT molecular complexity index is 346. The molecule has 1 N–H and O–H groups in total. The summed E-state index contributed by atoms with van der Waals surface area (Å²) in [5, 5.41) is 3.64. The standard InChI is InChI=1S/C11H16ClN3O/c1-7-5-10(15-11(12)13-7)14-8(2)9-3-4-16-6-9/h5,8-9H,3-4,6H2,1-2H3,(H,13,14,15). The Morgan fingerprint density at radius 2 is 2.38 bits per heavy atom. The number of aryl methyl sites for hydroxylation is 1. The van der Waals surface area contributed by atoms with E-state index in [4.69, 9.17) is 16.3 Å². The summed E-state index contributed by atoms with van der Waals surface area (Å²) in [5.41, 5.74) is 0.873. The van der Waals surface area contributed by atoms with Crippen LogP contribution in [0, 0.1) is 12.8 Å². The molecule has 2 rings (SSSR count). The molecule has 0 radical (unpaired) electrons. The molecule has 0 spiro atoms. The summed E-state index contributed by atoms with van der Waals surface area (Å²) in [4.78, 5) is 8.18. The van der Waals surface area contributed by atoms with Crippen molar-refractivity contribution < 1.29 is 4.74 Å². The van der Waals surface area contributed by atoms with Gasteiger partial charge in [0.2, 0.25) is 5.28 Å². The minimum absolute atomic E-state index is 0.289. The number of halogens is 1. The number of anilines is 1. The van der Waals surface area contributed by atoms with E-state index in [-0.39, 0.29) is 5.28 Å². The maximum Gasteiger partial charge on any atom is 0.224 e. The topological polar surface area (TPSA) is 47.0 Å². The van der Waals surface area contributed by atoms with Crippen LogP contribution in [0.5, 0.6) is 0 Å². The highest BCUT2D eigenvalue weighted by molar-refractivity contribution is 6.28. The lowest BCUT2D eigenvalue weighted by atomic mass is 10.0. The number of nitrogens with one attached hydrogen (secondary N) is 1. The van der Waals surface area contributed by atoms with Crippen LogP contribution in [0.15, 0.2) is 6.07 Å². The van der Waals surface area contributed by atoms with Crippen LogP contribution >= 0.6 is 11.6 Å². The smallest absolute Gasteiger partial charge is 0.224 e. The highest BCUT2D eigenvalue weighted by atomic mass is 35.5. The summed E-state index contributed by atoms with van der Waals surface area (Å²) in [7, 11) is 0. The predicted octanol–water partition coefficient (Wildman–Crippen LogP) is 2.28. The zero-order valence-electron chi connectivity index (χ0n) is 9.53. The maximum atomic E-state index is 5.81. The van der Waals surface area contributed by atoms with Crippen LogP contribution in [0.25, 0.3) is 0 Å². The monoisotopic (exact) mass is 241 g/mol. The molecule has 1 aromatic rings. The molecule has 0 aromatic carbocycles. The molecule has 1 fully saturated rings. The molecule has 5 heteroatoms. The summed E-state index contributed by atoms with van der Waals surface area (Å²) >= 11 is 5.81. The fourth-order valence-corrected chi connectivity index (χ4v) is 2.13. The van der Waals surface area contributed by atoms with Crippen molar-refractivity contribution in [2.24, 2.45) is 5.92 Å². The number of hydrogen-bond acceptors (Lipinski definition) is 4. The molecule has 0 amide bonds. The molecular weight excluding hydrogens is 226 g/mol. The average molecular weight is 242 g/mol. The molecule has 88 valence electrons. The van der Waals surface area contributed by atoms with E-state index >= 15 is 0 Å². The lowest BCUT2D eigenvalue weighted by Gasteiger charge is -2.19. The Hall–Kier alpha value is -0.870. The lowest BCUT2D eigenvalue weighted by molar-refractivity contribution is 0.183. The quantitative estimate of drug-likeness (QED) is 0.825. The zero-order valence-corrected chi connectivity index (χ0v) is 10.3. The largest absolute Gasteiger partial charge is 0.381 e. The first kappa shape index (κ1) is 11.6. The van der Waals surface area contributed by atoms with Gasteiger partial charge in [0.05, 0.1) is 6.61 Å². The molecule has 1 aliphatic heterocycles. The Kier molecular flexibility index (Phi) is 3.61. The van der Waals surface area contributed by atoms with E-state index in [1.807, 2.05) is 13.0 Å². The van der Waals surface area contributed by atoms with Gasteiger partial charge in [-0.05, 0) is 31.9 Å². The van der Waals surface area contributed by atoms with E-state index in [2.05, 4.69) is 22.2 Å². The minimum atomic E-state index is 0.289. The first-order valence-electron chi connectivity index (χ1n) is 5.50. The first-order chi connectivity index (χ1) is 7.65. The van der Waals surface area contributed by atoms with Crippen LogP contribution in [0.3, 0.4) is 0 Å². The Morgan fingerprint density at radius 3 is 3.00 bits per heavy atom. The molecule has 0 aliphatic carbocycles. The second kappa shape index (κ2) is 4.97. The number of hydrogen-bond donors (Lipinski definition) is 1. The van der Waals surface area contributed by atoms with Crippen LogP contribution in [-0.2, 0) is 4.74 Å². The van der Waals surface area contributed by atoms with Crippen molar-refractivity contribution in [1.82, 2.24) is 9.97 Å². The van der Waals surface area contributed by atoms with E-state index in [0.29, 0.717) is 12.0 Å². The third-order valence-corrected chi connectivity index (χ3v) is 3.04. The van der Waals surface area contributed by atoms with Gasteiger partial charge >= 0.3 is 0 Å². The lowest BCUT2D eigenvalue weighted by Crippen LogP contribution is -2.26. The first-order valence-corrected chi connectivity index (χ1v) is 5.88. The van der Waals surface area contributed by atoms with Gasteiger partial charge in [0.15, 0.2) is 0 Å². The van der Waals surface area contributed by atoms with Gasteiger partial charge in [-0.3, -0.25) is 0 Å². The Morgan fingerprint density at radius 1 is 1.56 bits per heavy atom. The summed E-state index contributed by atoms with van der Waals surface area (Å²) in [6.45, 7) is 5.74. The molecule has 1 saturated heterocycles. The van der Waals surface area contributed by atoms with Crippen molar-refractivity contribution in [1.29, 1.82) is 0 Å². The molecule has 1 aliphatic rings. The fourth-order valence-electron chi connectivity index (χ4n) is 1.90. The van der Waals surface area contributed by atoms with Crippen molar-refractivity contribution in [3.63, 3.8) is 0 Å². The van der Waals surface area contributed by atoms with Crippen molar-refractivity contribution >= 4 is 17.4 Å². The van der Waals surface area contributed by atoms with E-state index < -0.39 is 0 Å². The zero-order chi connectivity index (χ0) is 11.5. The van der Waals surface area contributed by atoms with Crippen LogP contribution in [0.2, 0.25) is 5.28 Å². The number of ether oxygens (including phenoxy) is 1. The molecule has 2 unspecified atom stereocenters. The van der Waals surface area contributed by atoms with Crippen LogP contribution in [-0.4, -0.2) is 29.2 Å². The van der Waals surface area contributed by atoms with Gasteiger partial charge in [0.1, 0.15) is 5.82 Å². The average Bonchev–Trinajstić information content (AvgIpc) is 2.68. The number of aromatic nitrogens is 2. The molecule has 0 bridgehead atoms. The van der Waals surface area contributed by atoms with Gasteiger partial charge in [-0.2, -0.15) is 0 Å². The molecule has 1 aromatic heterocycles. The summed E-state index contributed by atoms with van der Waals surface area (Å²) in [6, 6.07) is 2.24. The molecule has 16 heavy (non-hydrogen) atoms. The van der Waals surface area contributed by atoms with Crippen LogP contribution in [0.4, 0.5) is 5.82 Å². The van der Waals surface area contributed by atoms with Crippen LogP contribution < -0.4 is 5.32 Å². The number of rotatable bonds is 3. The normalized spacial score (nSPS) is 22.1. The molecular formula is C11H16ClN3O. The van der Waals surface area contributed by atoms with E-state index in [9.17, 15) is 0 Å². The second-order valence-corrected chi connectivity index (χ2v) is 4.56. The Balaban J connectivity index is 2.02. The molecule has 2 atom stereocenters. The predicted molar refractivity (Wildman–Crippen MR) is 63.8 cm³/mol. The van der Waals surface area contributed by atoms with Crippen molar-refractivity contribution in [3.05, 3.63) is 17.0 Å². The van der Waals surface area contributed by atoms with Gasteiger partial charge in [-0.1, -0.05) is 0 Å². The SMILES string of the molecule is Cc1cc(NC(C)C2CCOC2)nc(Cl)n1. The van der Waals surface area contributed by atoms with Crippen molar-refractivity contribution in [3.8, 4) is 0 Å². The third-order valence-electron chi connectivity index (χ3n) is 2.87. The van der Waals surface area contributed by atoms with Crippen LogP contribution in [0.1, 0.15) is 19.0 Å². The maximum absolute atomic E-state index is 5.81. The van der Waals surface area contributed by atoms with Gasteiger partial charge in [0.25, 0.3) is 0 Å². The van der Waals surface area contributed by atoms with E-state index in [0.717, 1.165) is 31.1 Å². The highest BCUT2D eigenvalue weighted by Gasteiger charge is 2.22. The van der Waals surface area contributed by atoms with Crippen molar-refractivity contribution in [2.75, 3.05) is 18.5 Å². The van der Waals surface area contributed by atoms with Crippen molar-refractivity contribution in [2.45, 2.75) is 26.3 Å². The summed E-state index contributed by atoms with van der Waals surface area (Å²) in [6.07, 6.45) is 1.10. The summed E-state index contributed by atoms with van der Waals surface area (Å²) < 4.78 is 5.36. The number of nitrogens with zero attached hydrogens (tertiary/aromatic N) is 2. The third kappa shape index (κ3) is 2.83.